The molecule has 2 heterocycles. The summed E-state index contributed by atoms with van der Waals surface area (Å²) in [6.45, 7) is 1.41. The number of hydrogen-bond donors (Lipinski definition) is 3. The van der Waals surface area contributed by atoms with Gasteiger partial charge in [-0.25, -0.2) is 4.98 Å². The Morgan fingerprint density at radius 1 is 1.38 bits per heavy atom. The number of ether oxygens (including phenoxy) is 1. The van der Waals surface area contributed by atoms with Crippen molar-refractivity contribution in [1.82, 2.24) is 4.98 Å². The second kappa shape index (κ2) is 8.92. The van der Waals surface area contributed by atoms with Gasteiger partial charge in [-0.2, -0.15) is 12.6 Å². The van der Waals surface area contributed by atoms with Crippen molar-refractivity contribution in [2.45, 2.75) is 18.9 Å². The quantitative estimate of drug-likeness (QED) is 0.621. The minimum Gasteiger partial charge on any atom is -0.476 e. The fraction of sp³-hybridized carbons (Fsp3) is 0.400. The molecule has 2 aromatic heterocycles. The summed E-state index contributed by atoms with van der Waals surface area (Å²) in [6, 6.07) is 8.15. The number of nitrogens with one attached hydrogen (secondary N) is 1. The molecule has 114 valence electrons. The summed E-state index contributed by atoms with van der Waals surface area (Å²) in [5.74, 6) is 1.34. The fourth-order valence-electron chi connectivity index (χ4n) is 1.83. The van der Waals surface area contributed by atoms with Crippen LogP contribution in [0.5, 0.6) is 5.88 Å². The number of pyridine rings is 1. The first-order chi connectivity index (χ1) is 10.3. The van der Waals surface area contributed by atoms with Crippen LogP contribution in [0.25, 0.3) is 0 Å². The second-order valence-electron chi connectivity index (χ2n) is 4.69. The summed E-state index contributed by atoms with van der Waals surface area (Å²) in [7, 11) is 0. The Hall–Kier alpha value is -1.24. The first-order valence-electron chi connectivity index (χ1n) is 7.00. The zero-order chi connectivity index (χ0) is 14.9. The lowest BCUT2D eigenvalue weighted by Crippen LogP contribution is -2.25. The number of nitrogens with zero attached hydrogens (tertiary/aromatic N) is 1. The van der Waals surface area contributed by atoms with Gasteiger partial charge in [0.05, 0.1) is 12.3 Å². The van der Waals surface area contributed by atoms with Gasteiger partial charge in [-0.15, -0.1) is 11.3 Å². The first-order valence-corrected chi connectivity index (χ1v) is 8.51. The monoisotopic (exact) mass is 323 g/mol. The maximum absolute atomic E-state index is 5.85. The van der Waals surface area contributed by atoms with Crippen LogP contribution in [0.1, 0.15) is 11.3 Å². The van der Waals surface area contributed by atoms with E-state index < -0.39 is 0 Å². The predicted molar refractivity (Wildman–Crippen MR) is 92.7 cm³/mol. The predicted octanol–water partition coefficient (Wildman–Crippen LogP) is 2.82. The van der Waals surface area contributed by atoms with Crippen LogP contribution in [-0.2, 0) is 6.42 Å². The van der Waals surface area contributed by atoms with Crippen molar-refractivity contribution in [1.29, 1.82) is 0 Å². The van der Waals surface area contributed by atoms with Crippen molar-refractivity contribution < 1.29 is 4.74 Å². The van der Waals surface area contributed by atoms with Gasteiger partial charge in [0.15, 0.2) is 0 Å². The van der Waals surface area contributed by atoms with E-state index >= 15 is 0 Å². The molecule has 3 N–H and O–H groups in total. The number of rotatable bonds is 9. The number of aromatic nitrogens is 1. The molecule has 0 aliphatic rings. The normalized spacial score (nSPS) is 12.1. The van der Waals surface area contributed by atoms with Gasteiger partial charge in [0.25, 0.3) is 0 Å². The Labute approximate surface area is 135 Å². The van der Waals surface area contributed by atoms with Crippen molar-refractivity contribution in [3.63, 3.8) is 0 Å². The van der Waals surface area contributed by atoms with E-state index in [1.807, 2.05) is 12.1 Å². The molecular weight excluding hydrogens is 302 g/mol. The Balaban J connectivity index is 1.81. The summed E-state index contributed by atoms with van der Waals surface area (Å²) in [6.07, 6.45) is 3.51. The van der Waals surface area contributed by atoms with Gasteiger partial charge in [0, 0.05) is 35.8 Å². The van der Waals surface area contributed by atoms with Gasteiger partial charge in [-0.3, -0.25) is 0 Å². The molecule has 0 aliphatic carbocycles. The van der Waals surface area contributed by atoms with E-state index in [9.17, 15) is 0 Å². The molecule has 0 aromatic carbocycles. The molecule has 1 atom stereocenters. The molecule has 6 heteroatoms. The van der Waals surface area contributed by atoms with Crippen LogP contribution in [0.3, 0.4) is 0 Å². The summed E-state index contributed by atoms with van der Waals surface area (Å²) in [5.41, 5.74) is 6.76. The molecule has 0 aliphatic heterocycles. The standard InChI is InChI=1S/C15H21N3OS2/c16-12(11-20)5-8-17-14-4-1-7-18-15(14)19-9-6-13-3-2-10-21-13/h1-4,7,10,12,17,20H,5-6,8-9,11,16H2. The Morgan fingerprint density at radius 3 is 3.05 bits per heavy atom. The number of hydrogen-bond acceptors (Lipinski definition) is 6. The van der Waals surface area contributed by atoms with Crippen LogP contribution in [0.15, 0.2) is 35.8 Å². The molecule has 21 heavy (non-hydrogen) atoms. The lowest BCUT2D eigenvalue weighted by Gasteiger charge is -2.13. The van der Waals surface area contributed by atoms with Crippen LogP contribution < -0.4 is 15.8 Å². The third-order valence-corrected chi connectivity index (χ3v) is 4.41. The highest BCUT2D eigenvalue weighted by molar-refractivity contribution is 7.80. The number of thiol groups is 1. The minimum absolute atomic E-state index is 0.112. The smallest absolute Gasteiger partial charge is 0.237 e. The summed E-state index contributed by atoms with van der Waals surface area (Å²) in [4.78, 5) is 5.61. The highest BCUT2D eigenvalue weighted by Crippen LogP contribution is 2.21. The highest BCUT2D eigenvalue weighted by Gasteiger charge is 2.06. The summed E-state index contributed by atoms with van der Waals surface area (Å²) < 4.78 is 5.78. The number of nitrogens with two attached hydrogens (primary N) is 1. The molecule has 4 nitrogen and oxygen atoms in total. The van der Waals surface area contributed by atoms with E-state index in [1.54, 1.807) is 17.5 Å². The van der Waals surface area contributed by atoms with Crippen molar-refractivity contribution in [2.75, 3.05) is 24.2 Å². The third kappa shape index (κ3) is 5.57. The van der Waals surface area contributed by atoms with Crippen molar-refractivity contribution in [2.24, 2.45) is 5.73 Å². The van der Waals surface area contributed by atoms with Gasteiger partial charge in [0.1, 0.15) is 0 Å². The lowest BCUT2D eigenvalue weighted by atomic mass is 10.2. The molecule has 0 spiro atoms. The largest absolute Gasteiger partial charge is 0.476 e. The van der Waals surface area contributed by atoms with Gasteiger partial charge < -0.3 is 15.8 Å². The van der Waals surface area contributed by atoms with Gasteiger partial charge in [0.2, 0.25) is 5.88 Å². The fourth-order valence-corrected chi connectivity index (χ4v) is 2.70. The molecule has 2 aromatic rings. The topological polar surface area (TPSA) is 60.2 Å². The van der Waals surface area contributed by atoms with Crippen molar-refractivity contribution in [3.8, 4) is 5.88 Å². The Kier molecular flexibility index (Phi) is 6.85. The van der Waals surface area contributed by atoms with E-state index in [1.165, 1.54) is 4.88 Å². The van der Waals surface area contributed by atoms with Gasteiger partial charge >= 0.3 is 0 Å². The molecule has 0 bridgehead atoms. The van der Waals surface area contributed by atoms with Crippen LogP contribution >= 0.6 is 24.0 Å². The van der Waals surface area contributed by atoms with Gasteiger partial charge in [-0.05, 0) is 30.0 Å². The number of anilines is 1. The van der Waals surface area contributed by atoms with Crippen molar-refractivity contribution in [3.05, 3.63) is 40.7 Å². The van der Waals surface area contributed by atoms with E-state index in [0.29, 0.717) is 18.2 Å². The molecule has 0 saturated heterocycles. The van der Waals surface area contributed by atoms with Crippen molar-refractivity contribution >= 4 is 29.7 Å². The van der Waals surface area contributed by atoms with E-state index in [0.717, 1.165) is 25.1 Å². The van der Waals surface area contributed by atoms with Crippen LogP contribution in [0.4, 0.5) is 5.69 Å². The van der Waals surface area contributed by atoms with Gasteiger partial charge in [-0.1, -0.05) is 6.07 Å². The molecular formula is C15H21N3OS2. The molecule has 0 saturated carbocycles. The van der Waals surface area contributed by atoms with E-state index in [4.69, 9.17) is 10.5 Å². The third-order valence-electron chi connectivity index (χ3n) is 3.00. The zero-order valence-electron chi connectivity index (χ0n) is 11.9. The second-order valence-corrected chi connectivity index (χ2v) is 6.09. The Morgan fingerprint density at radius 2 is 2.29 bits per heavy atom. The number of thiophene rings is 1. The first kappa shape index (κ1) is 16.1. The molecule has 1 unspecified atom stereocenters. The molecule has 2 rings (SSSR count). The minimum atomic E-state index is 0.112. The Bertz CT molecular complexity index is 519. The lowest BCUT2D eigenvalue weighted by molar-refractivity contribution is 0.312. The SMILES string of the molecule is NC(CS)CCNc1cccnc1OCCc1cccs1. The van der Waals surface area contributed by atoms with E-state index in [2.05, 4.69) is 40.4 Å². The molecule has 0 amide bonds. The maximum Gasteiger partial charge on any atom is 0.237 e. The van der Waals surface area contributed by atoms with Crippen LogP contribution in [0.2, 0.25) is 0 Å². The molecule has 0 fully saturated rings. The molecule has 0 radical (unpaired) electrons. The van der Waals surface area contributed by atoms with Crippen LogP contribution in [-0.4, -0.2) is 29.9 Å². The average Bonchev–Trinajstić information content (AvgIpc) is 3.02. The summed E-state index contributed by atoms with van der Waals surface area (Å²) in [5, 5.41) is 5.40. The average molecular weight is 323 g/mol. The summed E-state index contributed by atoms with van der Waals surface area (Å²) >= 11 is 5.93. The maximum atomic E-state index is 5.85. The highest BCUT2D eigenvalue weighted by atomic mass is 32.1. The van der Waals surface area contributed by atoms with Crippen LogP contribution in [0, 0.1) is 0 Å². The van der Waals surface area contributed by atoms with E-state index in [-0.39, 0.29) is 6.04 Å². The zero-order valence-corrected chi connectivity index (χ0v) is 13.6.